The average molecular weight is 351 g/mol. The molecule has 2 aromatic rings. The van der Waals surface area contributed by atoms with Crippen molar-refractivity contribution in [1.82, 2.24) is 0 Å². The van der Waals surface area contributed by atoms with Crippen molar-refractivity contribution in [3.05, 3.63) is 60.0 Å². The first-order valence-corrected chi connectivity index (χ1v) is 8.26. The van der Waals surface area contributed by atoms with Gasteiger partial charge in [0.05, 0.1) is 23.4 Å². The molecule has 5 nitrogen and oxygen atoms in total. The minimum atomic E-state index is -0.422. The van der Waals surface area contributed by atoms with E-state index in [2.05, 4.69) is 17.2 Å². The summed E-state index contributed by atoms with van der Waals surface area (Å²) in [5.74, 6) is 0.557. The van der Waals surface area contributed by atoms with Gasteiger partial charge in [-0.15, -0.1) is 18.3 Å². The standard InChI is InChI=1S/C16H15ClN2O3S/c1-2-8-23-10-15(20)18-12-6-5-11(17)9-13(12)19-16(21)14-4-3-7-22-14/h2-7,9H,1,8,10H2,(H,18,20)(H,19,21). The molecular formula is C16H15ClN2O3S. The number of carbonyl (C=O) groups excluding carboxylic acids is 2. The zero-order valence-corrected chi connectivity index (χ0v) is 13.7. The molecule has 0 atom stereocenters. The Morgan fingerprint density at radius 3 is 2.78 bits per heavy atom. The number of amides is 2. The third-order valence-electron chi connectivity index (χ3n) is 2.72. The molecule has 23 heavy (non-hydrogen) atoms. The topological polar surface area (TPSA) is 71.3 Å². The Balaban J connectivity index is 2.09. The SMILES string of the molecule is C=CCSCC(=O)Nc1ccc(Cl)cc1NC(=O)c1ccco1. The third kappa shape index (κ3) is 5.19. The van der Waals surface area contributed by atoms with Gasteiger partial charge in [-0.1, -0.05) is 17.7 Å². The smallest absolute Gasteiger partial charge is 0.291 e. The van der Waals surface area contributed by atoms with Crippen molar-refractivity contribution in [2.75, 3.05) is 22.1 Å². The maximum Gasteiger partial charge on any atom is 0.291 e. The number of hydrogen-bond donors (Lipinski definition) is 2. The molecule has 2 amide bonds. The minimum Gasteiger partial charge on any atom is -0.459 e. The zero-order chi connectivity index (χ0) is 16.7. The molecule has 0 saturated carbocycles. The lowest BCUT2D eigenvalue weighted by molar-refractivity contribution is -0.113. The van der Waals surface area contributed by atoms with E-state index < -0.39 is 5.91 Å². The Labute approximate surface area is 143 Å². The number of furan rings is 1. The number of halogens is 1. The fraction of sp³-hybridized carbons (Fsp3) is 0.125. The van der Waals surface area contributed by atoms with Crippen LogP contribution in [0.15, 0.2) is 53.7 Å². The quantitative estimate of drug-likeness (QED) is 0.584. The zero-order valence-electron chi connectivity index (χ0n) is 12.2. The number of nitrogens with one attached hydrogen (secondary N) is 2. The minimum absolute atomic E-state index is 0.170. The molecule has 0 saturated heterocycles. The van der Waals surface area contributed by atoms with Gasteiger partial charge in [-0.2, -0.15) is 0 Å². The van der Waals surface area contributed by atoms with E-state index in [0.29, 0.717) is 27.9 Å². The molecule has 0 spiro atoms. The molecule has 0 bridgehead atoms. The molecule has 0 aliphatic rings. The Hall–Kier alpha value is -2.18. The van der Waals surface area contributed by atoms with E-state index in [0.717, 1.165) is 0 Å². The third-order valence-corrected chi connectivity index (χ3v) is 3.89. The van der Waals surface area contributed by atoms with Crippen LogP contribution in [0.4, 0.5) is 11.4 Å². The summed E-state index contributed by atoms with van der Waals surface area (Å²) >= 11 is 7.40. The van der Waals surface area contributed by atoms with E-state index in [1.807, 2.05) is 0 Å². The fourth-order valence-electron chi connectivity index (χ4n) is 1.74. The Morgan fingerprint density at radius 2 is 2.09 bits per heavy atom. The van der Waals surface area contributed by atoms with Crippen LogP contribution < -0.4 is 10.6 Å². The highest BCUT2D eigenvalue weighted by atomic mass is 35.5. The number of thioether (sulfide) groups is 1. The number of benzene rings is 1. The van der Waals surface area contributed by atoms with Crippen LogP contribution in [0.25, 0.3) is 0 Å². The van der Waals surface area contributed by atoms with Crippen LogP contribution in [-0.2, 0) is 4.79 Å². The lowest BCUT2D eigenvalue weighted by Gasteiger charge is -2.12. The number of carbonyl (C=O) groups is 2. The van der Waals surface area contributed by atoms with Crippen LogP contribution in [0.1, 0.15) is 10.6 Å². The molecule has 1 aromatic carbocycles. The van der Waals surface area contributed by atoms with Gasteiger partial charge in [0.15, 0.2) is 5.76 Å². The van der Waals surface area contributed by atoms with E-state index in [1.54, 1.807) is 36.4 Å². The summed E-state index contributed by atoms with van der Waals surface area (Å²) in [6.45, 7) is 3.60. The molecule has 7 heteroatoms. The van der Waals surface area contributed by atoms with Gasteiger partial charge in [0.1, 0.15) is 0 Å². The van der Waals surface area contributed by atoms with Crippen LogP contribution in [-0.4, -0.2) is 23.3 Å². The van der Waals surface area contributed by atoms with Crippen LogP contribution in [0.2, 0.25) is 5.02 Å². The van der Waals surface area contributed by atoms with Gasteiger partial charge in [-0.25, -0.2) is 0 Å². The molecule has 0 unspecified atom stereocenters. The highest BCUT2D eigenvalue weighted by Crippen LogP contribution is 2.26. The largest absolute Gasteiger partial charge is 0.459 e. The van der Waals surface area contributed by atoms with Gasteiger partial charge in [-0.3, -0.25) is 9.59 Å². The van der Waals surface area contributed by atoms with E-state index in [1.165, 1.54) is 18.0 Å². The van der Waals surface area contributed by atoms with Crippen LogP contribution in [0, 0.1) is 0 Å². The van der Waals surface area contributed by atoms with E-state index >= 15 is 0 Å². The summed E-state index contributed by atoms with van der Waals surface area (Å²) in [5, 5.41) is 5.86. The highest BCUT2D eigenvalue weighted by molar-refractivity contribution is 8.00. The van der Waals surface area contributed by atoms with Crippen molar-refractivity contribution in [3.63, 3.8) is 0 Å². The summed E-state index contributed by atoms with van der Waals surface area (Å²) in [6.07, 6.45) is 3.14. The van der Waals surface area contributed by atoms with Gasteiger partial charge in [0.25, 0.3) is 5.91 Å². The van der Waals surface area contributed by atoms with Crippen LogP contribution >= 0.6 is 23.4 Å². The monoisotopic (exact) mass is 350 g/mol. The predicted molar refractivity (Wildman–Crippen MR) is 94.3 cm³/mol. The highest BCUT2D eigenvalue weighted by Gasteiger charge is 2.13. The first-order chi connectivity index (χ1) is 11.1. The molecule has 0 radical (unpaired) electrons. The molecule has 0 aliphatic heterocycles. The van der Waals surface area contributed by atoms with Crippen molar-refractivity contribution in [1.29, 1.82) is 0 Å². The molecule has 0 fully saturated rings. The molecule has 1 heterocycles. The predicted octanol–water partition coefficient (Wildman–Crippen LogP) is 4.04. The Kier molecular flexibility index (Phi) is 6.31. The first kappa shape index (κ1) is 17.2. The van der Waals surface area contributed by atoms with Gasteiger partial charge in [0, 0.05) is 10.8 Å². The van der Waals surface area contributed by atoms with Crippen molar-refractivity contribution < 1.29 is 14.0 Å². The Morgan fingerprint density at radius 1 is 1.26 bits per heavy atom. The van der Waals surface area contributed by atoms with E-state index in [9.17, 15) is 9.59 Å². The average Bonchev–Trinajstić information content (AvgIpc) is 3.05. The maximum absolute atomic E-state index is 12.1. The van der Waals surface area contributed by atoms with Crippen molar-refractivity contribution in [2.45, 2.75) is 0 Å². The summed E-state index contributed by atoms with van der Waals surface area (Å²) in [7, 11) is 0. The Bertz CT molecular complexity index is 701. The van der Waals surface area contributed by atoms with Gasteiger partial charge >= 0.3 is 0 Å². The number of hydrogen-bond acceptors (Lipinski definition) is 4. The van der Waals surface area contributed by atoms with Crippen LogP contribution in [0.5, 0.6) is 0 Å². The van der Waals surface area contributed by atoms with Gasteiger partial charge < -0.3 is 15.1 Å². The molecule has 0 aliphatic carbocycles. The lowest BCUT2D eigenvalue weighted by atomic mass is 10.2. The first-order valence-electron chi connectivity index (χ1n) is 6.73. The second kappa shape index (κ2) is 8.45. The normalized spacial score (nSPS) is 10.1. The van der Waals surface area contributed by atoms with E-state index in [4.69, 9.17) is 16.0 Å². The summed E-state index contributed by atoms with van der Waals surface area (Å²) in [4.78, 5) is 24.0. The van der Waals surface area contributed by atoms with Crippen molar-refractivity contribution in [3.8, 4) is 0 Å². The summed E-state index contributed by atoms with van der Waals surface area (Å²) in [5.41, 5.74) is 0.875. The lowest BCUT2D eigenvalue weighted by Crippen LogP contribution is -2.17. The van der Waals surface area contributed by atoms with Crippen molar-refractivity contribution in [2.24, 2.45) is 0 Å². The van der Waals surface area contributed by atoms with E-state index in [-0.39, 0.29) is 11.7 Å². The number of anilines is 2. The summed E-state index contributed by atoms with van der Waals surface area (Å²) in [6, 6.07) is 8.00. The van der Waals surface area contributed by atoms with Crippen LogP contribution in [0.3, 0.4) is 0 Å². The molecular weight excluding hydrogens is 336 g/mol. The molecule has 1 aromatic heterocycles. The summed E-state index contributed by atoms with van der Waals surface area (Å²) < 4.78 is 5.04. The second-order valence-corrected chi connectivity index (χ2v) is 5.94. The van der Waals surface area contributed by atoms with Crippen molar-refractivity contribution >= 4 is 46.6 Å². The van der Waals surface area contributed by atoms with Gasteiger partial charge in [-0.05, 0) is 30.3 Å². The number of rotatable bonds is 7. The molecule has 2 rings (SSSR count). The fourth-order valence-corrected chi connectivity index (χ4v) is 2.46. The van der Waals surface area contributed by atoms with Gasteiger partial charge in [0.2, 0.25) is 5.91 Å². The molecule has 120 valence electrons. The maximum atomic E-state index is 12.1. The molecule has 2 N–H and O–H groups in total. The second-order valence-electron chi connectivity index (χ2n) is 4.47.